The highest BCUT2D eigenvalue weighted by Gasteiger charge is 2.42. The molecule has 0 N–H and O–H groups in total. The highest BCUT2D eigenvalue weighted by Crippen LogP contribution is 2.56. The molecule has 0 amide bonds. The summed E-state index contributed by atoms with van der Waals surface area (Å²) in [5, 5.41) is 0. The molecular weight excluding hydrogens is 312 g/mol. The van der Waals surface area contributed by atoms with Crippen LogP contribution in [0.2, 0.25) is 0 Å². The van der Waals surface area contributed by atoms with Gasteiger partial charge < -0.3 is 0 Å². The summed E-state index contributed by atoms with van der Waals surface area (Å²) >= 11 is 0. The van der Waals surface area contributed by atoms with Gasteiger partial charge in [-0.15, -0.1) is 0 Å². The molecule has 26 heavy (non-hydrogen) atoms. The van der Waals surface area contributed by atoms with Gasteiger partial charge in [0.05, 0.1) is 0 Å². The van der Waals surface area contributed by atoms with Crippen molar-refractivity contribution in [2.24, 2.45) is 11.8 Å². The Hall–Kier alpha value is -1.82. The first kappa shape index (κ1) is 16.4. The van der Waals surface area contributed by atoms with Crippen LogP contribution >= 0.6 is 0 Å². The van der Waals surface area contributed by atoms with Crippen molar-refractivity contribution in [2.45, 2.75) is 64.7 Å². The van der Waals surface area contributed by atoms with Gasteiger partial charge >= 0.3 is 0 Å². The van der Waals surface area contributed by atoms with Gasteiger partial charge in [-0.25, -0.2) is 0 Å². The van der Waals surface area contributed by atoms with Gasteiger partial charge in [-0.05, 0) is 77.7 Å². The van der Waals surface area contributed by atoms with E-state index >= 15 is 0 Å². The van der Waals surface area contributed by atoms with Crippen molar-refractivity contribution in [3.8, 4) is 0 Å². The lowest BCUT2D eigenvalue weighted by molar-refractivity contribution is 0.289. The molecule has 0 nitrogen and oxygen atoms in total. The van der Waals surface area contributed by atoms with Crippen molar-refractivity contribution in [1.29, 1.82) is 0 Å². The van der Waals surface area contributed by atoms with Crippen LogP contribution in [0.15, 0.2) is 70.4 Å². The summed E-state index contributed by atoms with van der Waals surface area (Å²) in [6.45, 7) is 9.16. The van der Waals surface area contributed by atoms with Crippen LogP contribution in [-0.4, -0.2) is 0 Å². The van der Waals surface area contributed by atoms with E-state index in [0.717, 1.165) is 11.8 Å². The SMILES string of the molecule is CC1=CC2=CC3=C(C4CCC3CC4)C(c3ccc(C(C)(C)C)cc3)C2=C1. The number of fused-ring (bicyclic) bond motifs is 3. The van der Waals surface area contributed by atoms with E-state index in [-0.39, 0.29) is 5.41 Å². The second-order valence-corrected chi connectivity index (χ2v) is 9.85. The van der Waals surface area contributed by atoms with Crippen molar-refractivity contribution in [1.82, 2.24) is 0 Å². The summed E-state index contributed by atoms with van der Waals surface area (Å²) in [6, 6.07) is 9.56. The van der Waals surface area contributed by atoms with E-state index in [1.54, 1.807) is 16.7 Å². The molecule has 1 aromatic rings. The van der Waals surface area contributed by atoms with Gasteiger partial charge in [-0.3, -0.25) is 0 Å². The predicted octanol–water partition coefficient (Wildman–Crippen LogP) is 7.01. The standard InChI is InChI=1S/C26H30/c1-16-13-20-15-23-17-5-7-18(8-6-17)25(23)24(22(20)14-16)19-9-11-21(12-10-19)26(2,3)4/h9-15,17-18,24H,5-8H2,1-4H3. The minimum absolute atomic E-state index is 0.218. The van der Waals surface area contributed by atoms with E-state index in [0.29, 0.717) is 5.92 Å². The van der Waals surface area contributed by atoms with Crippen molar-refractivity contribution < 1.29 is 0 Å². The van der Waals surface area contributed by atoms with Crippen LogP contribution in [0.1, 0.15) is 70.4 Å². The number of benzene rings is 1. The van der Waals surface area contributed by atoms with Gasteiger partial charge in [0.1, 0.15) is 0 Å². The third-order valence-corrected chi connectivity index (χ3v) is 7.08. The number of hydrogen-bond acceptors (Lipinski definition) is 0. The molecule has 6 rings (SSSR count). The summed E-state index contributed by atoms with van der Waals surface area (Å²) < 4.78 is 0. The van der Waals surface area contributed by atoms with Crippen molar-refractivity contribution in [3.05, 3.63) is 81.5 Å². The molecule has 2 bridgehead atoms. The summed E-state index contributed by atoms with van der Waals surface area (Å²) in [5.41, 5.74) is 11.1. The molecule has 1 aromatic carbocycles. The Balaban J connectivity index is 1.64. The molecule has 134 valence electrons. The third-order valence-electron chi connectivity index (χ3n) is 7.08. The zero-order valence-corrected chi connectivity index (χ0v) is 16.6. The lowest BCUT2D eigenvalue weighted by Crippen LogP contribution is -2.31. The van der Waals surface area contributed by atoms with Crippen LogP contribution in [0.5, 0.6) is 0 Å². The fraction of sp³-hybridized carbons (Fsp3) is 0.462. The summed E-state index contributed by atoms with van der Waals surface area (Å²) in [7, 11) is 0. The Morgan fingerprint density at radius 3 is 2.12 bits per heavy atom. The van der Waals surface area contributed by atoms with Gasteiger partial charge in [0.25, 0.3) is 0 Å². The van der Waals surface area contributed by atoms with Gasteiger partial charge in [-0.1, -0.05) is 74.4 Å². The lowest BCUT2D eigenvalue weighted by atomic mass is 9.59. The van der Waals surface area contributed by atoms with Crippen LogP contribution in [0, 0.1) is 11.8 Å². The average molecular weight is 343 g/mol. The number of hydrogen-bond donors (Lipinski definition) is 0. The smallest absolute Gasteiger partial charge is 0.0313 e. The molecule has 0 radical (unpaired) electrons. The van der Waals surface area contributed by atoms with Gasteiger partial charge in [-0.2, -0.15) is 0 Å². The first-order valence-electron chi connectivity index (χ1n) is 10.4. The van der Waals surface area contributed by atoms with E-state index in [1.165, 1.54) is 48.0 Å². The molecule has 0 heterocycles. The van der Waals surface area contributed by atoms with Crippen LogP contribution in [0.4, 0.5) is 0 Å². The van der Waals surface area contributed by atoms with Gasteiger partial charge in [0.2, 0.25) is 0 Å². The molecule has 0 heteroatoms. The molecule has 5 aliphatic rings. The Labute approximate surface area is 158 Å². The third kappa shape index (κ3) is 2.42. The zero-order chi connectivity index (χ0) is 18.1. The highest BCUT2D eigenvalue weighted by molar-refractivity contribution is 5.66. The second-order valence-electron chi connectivity index (χ2n) is 9.85. The predicted molar refractivity (Wildman–Crippen MR) is 110 cm³/mol. The molecule has 1 atom stereocenters. The number of allylic oxidation sites excluding steroid dienone is 8. The van der Waals surface area contributed by atoms with Crippen molar-refractivity contribution >= 4 is 0 Å². The fourth-order valence-electron chi connectivity index (χ4n) is 5.73. The second kappa shape index (κ2) is 5.59. The van der Waals surface area contributed by atoms with E-state index < -0.39 is 0 Å². The first-order chi connectivity index (χ1) is 12.4. The molecule has 0 aromatic heterocycles. The zero-order valence-electron chi connectivity index (χ0n) is 16.6. The topological polar surface area (TPSA) is 0 Å². The summed E-state index contributed by atoms with van der Waals surface area (Å²) in [4.78, 5) is 0. The van der Waals surface area contributed by atoms with Crippen LogP contribution in [-0.2, 0) is 5.41 Å². The summed E-state index contributed by atoms with van der Waals surface area (Å²) in [6.07, 6.45) is 13.0. The van der Waals surface area contributed by atoms with E-state index in [1.807, 2.05) is 0 Å². The Bertz CT molecular complexity index is 869. The van der Waals surface area contributed by atoms with Gasteiger partial charge in [0, 0.05) is 5.92 Å². The molecule has 5 aliphatic carbocycles. The Morgan fingerprint density at radius 1 is 0.808 bits per heavy atom. The van der Waals surface area contributed by atoms with Crippen LogP contribution < -0.4 is 0 Å². The van der Waals surface area contributed by atoms with Gasteiger partial charge in [0.15, 0.2) is 0 Å². The maximum atomic E-state index is 2.55. The van der Waals surface area contributed by atoms with E-state index in [2.05, 4.69) is 70.2 Å². The fourth-order valence-corrected chi connectivity index (χ4v) is 5.73. The average Bonchev–Trinajstić information content (AvgIpc) is 3.00. The van der Waals surface area contributed by atoms with Crippen LogP contribution in [0.3, 0.4) is 0 Å². The maximum Gasteiger partial charge on any atom is 0.0313 e. The quantitative estimate of drug-likeness (QED) is 0.515. The minimum atomic E-state index is 0.218. The lowest BCUT2D eigenvalue weighted by Gasteiger charge is -2.45. The minimum Gasteiger partial charge on any atom is -0.0582 e. The molecular formula is C26H30. The molecule has 0 spiro atoms. The Morgan fingerprint density at radius 2 is 1.46 bits per heavy atom. The molecule has 1 fully saturated rings. The molecule has 0 saturated heterocycles. The molecule has 1 unspecified atom stereocenters. The Kier molecular flexibility index (Phi) is 3.52. The first-order valence-corrected chi connectivity index (χ1v) is 10.4. The molecule has 1 saturated carbocycles. The maximum absolute atomic E-state index is 2.55. The van der Waals surface area contributed by atoms with Crippen LogP contribution in [0.25, 0.3) is 0 Å². The van der Waals surface area contributed by atoms with Crippen molar-refractivity contribution in [3.63, 3.8) is 0 Å². The normalized spacial score (nSPS) is 29.8. The highest BCUT2D eigenvalue weighted by atomic mass is 14.5. The van der Waals surface area contributed by atoms with E-state index in [9.17, 15) is 0 Å². The molecule has 0 aliphatic heterocycles. The largest absolute Gasteiger partial charge is 0.0582 e. The van der Waals surface area contributed by atoms with Crippen molar-refractivity contribution in [2.75, 3.05) is 0 Å². The monoisotopic (exact) mass is 342 g/mol. The number of rotatable bonds is 1. The van der Waals surface area contributed by atoms with E-state index in [4.69, 9.17) is 0 Å². The summed E-state index contributed by atoms with van der Waals surface area (Å²) in [5.74, 6) is 2.11.